The topological polar surface area (TPSA) is 72.7 Å². The lowest BCUT2D eigenvalue weighted by Crippen LogP contribution is -2.36. The lowest BCUT2D eigenvalue weighted by atomic mass is 9.90. The standard InChI is InChI=1S/C9H21NO3/c1-9(2,3-4-11)7-10-5-8(13)6-12/h8,10-13H,3-7H2,1-2H3/t8-/m0/s1. The van der Waals surface area contributed by atoms with Crippen LogP contribution in [0, 0.1) is 5.41 Å². The molecule has 0 saturated carbocycles. The van der Waals surface area contributed by atoms with Crippen LogP contribution < -0.4 is 5.32 Å². The first kappa shape index (κ1) is 12.8. The van der Waals surface area contributed by atoms with Crippen LogP contribution in [0.2, 0.25) is 0 Å². The summed E-state index contributed by atoms with van der Waals surface area (Å²) in [6, 6.07) is 0. The molecule has 0 aromatic carbocycles. The molecule has 0 aromatic rings. The van der Waals surface area contributed by atoms with Crippen molar-refractivity contribution in [3.05, 3.63) is 0 Å². The normalized spacial score (nSPS) is 14.5. The lowest BCUT2D eigenvalue weighted by Gasteiger charge is -2.24. The molecule has 0 unspecified atom stereocenters. The molecule has 0 fully saturated rings. The molecule has 4 N–H and O–H groups in total. The smallest absolute Gasteiger partial charge is 0.0894 e. The molecule has 0 saturated heterocycles. The minimum Gasteiger partial charge on any atom is -0.396 e. The van der Waals surface area contributed by atoms with Crippen molar-refractivity contribution in [1.29, 1.82) is 0 Å². The maximum atomic E-state index is 9.02. The second-order valence-electron chi connectivity index (χ2n) is 4.11. The summed E-state index contributed by atoms with van der Waals surface area (Å²) in [5, 5.41) is 29.3. The molecule has 0 rings (SSSR count). The van der Waals surface area contributed by atoms with E-state index in [9.17, 15) is 0 Å². The Morgan fingerprint density at radius 3 is 2.38 bits per heavy atom. The Hall–Kier alpha value is -0.160. The summed E-state index contributed by atoms with van der Waals surface area (Å²) in [4.78, 5) is 0. The fourth-order valence-electron chi connectivity index (χ4n) is 1.03. The van der Waals surface area contributed by atoms with E-state index in [0.717, 1.165) is 13.0 Å². The highest BCUT2D eigenvalue weighted by Crippen LogP contribution is 2.17. The van der Waals surface area contributed by atoms with E-state index in [1.54, 1.807) is 0 Å². The number of aliphatic hydroxyl groups is 3. The molecule has 0 aromatic heterocycles. The molecule has 4 heteroatoms. The summed E-state index contributed by atoms with van der Waals surface area (Å²) in [5.41, 5.74) is 0.0317. The van der Waals surface area contributed by atoms with Crippen LogP contribution in [0.5, 0.6) is 0 Å². The Labute approximate surface area is 79.6 Å². The second-order valence-corrected chi connectivity index (χ2v) is 4.11. The van der Waals surface area contributed by atoms with Crippen LogP contribution in [0.3, 0.4) is 0 Å². The van der Waals surface area contributed by atoms with E-state index < -0.39 is 6.10 Å². The van der Waals surface area contributed by atoms with Gasteiger partial charge in [0, 0.05) is 19.7 Å². The molecule has 0 heterocycles. The Kier molecular flexibility index (Phi) is 6.24. The first-order chi connectivity index (χ1) is 6.02. The molecule has 0 aliphatic carbocycles. The van der Waals surface area contributed by atoms with Crippen LogP contribution in [0.1, 0.15) is 20.3 Å². The fourth-order valence-corrected chi connectivity index (χ4v) is 1.03. The van der Waals surface area contributed by atoms with E-state index in [-0.39, 0.29) is 18.6 Å². The van der Waals surface area contributed by atoms with Crippen LogP contribution >= 0.6 is 0 Å². The highest BCUT2D eigenvalue weighted by Gasteiger charge is 2.16. The van der Waals surface area contributed by atoms with Crippen LogP contribution in [0.15, 0.2) is 0 Å². The van der Waals surface area contributed by atoms with Crippen LogP contribution in [-0.4, -0.2) is 47.7 Å². The van der Waals surface area contributed by atoms with E-state index in [1.165, 1.54) is 0 Å². The van der Waals surface area contributed by atoms with Crippen LogP contribution in [0.4, 0.5) is 0 Å². The van der Waals surface area contributed by atoms with Gasteiger partial charge in [0.25, 0.3) is 0 Å². The maximum Gasteiger partial charge on any atom is 0.0894 e. The summed E-state index contributed by atoms with van der Waals surface area (Å²) in [6.45, 7) is 5.17. The molecule has 80 valence electrons. The van der Waals surface area contributed by atoms with Gasteiger partial charge >= 0.3 is 0 Å². The molecular formula is C9H21NO3. The number of rotatable bonds is 7. The van der Waals surface area contributed by atoms with Crippen molar-refractivity contribution in [3.63, 3.8) is 0 Å². The van der Waals surface area contributed by atoms with Gasteiger partial charge in [-0.15, -0.1) is 0 Å². The third kappa shape index (κ3) is 6.95. The molecule has 0 radical (unpaired) electrons. The third-order valence-electron chi connectivity index (χ3n) is 1.98. The first-order valence-corrected chi connectivity index (χ1v) is 4.62. The zero-order valence-corrected chi connectivity index (χ0v) is 8.45. The van der Waals surface area contributed by atoms with E-state index in [4.69, 9.17) is 15.3 Å². The Bertz CT molecular complexity index is 128. The van der Waals surface area contributed by atoms with Crippen LogP contribution in [-0.2, 0) is 0 Å². The molecule has 0 aliphatic heterocycles. The van der Waals surface area contributed by atoms with Gasteiger partial charge in [0.15, 0.2) is 0 Å². The van der Waals surface area contributed by atoms with E-state index >= 15 is 0 Å². The first-order valence-electron chi connectivity index (χ1n) is 4.62. The van der Waals surface area contributed by atoms with Gasteiger partial charge in [0.1, 0.15) is 0 Å². The SMILES string of the molecule is CC(C)(CCO)CNC[C@H](O)CO. The molecule has 0 bridgehead atoms. The van der Waals surface area contributed by atoms with Gasteiger partial charge < -0.3 is 20.6 Å². The van der Waals surface area contributed by atoms with Gasteiger partial charge in [-0.25, -0.2) is 0 Å². The van der Waals surface area contributed by atoms with Gasteiger partial charge in [-0.05, 0) is 11.8 Å². The van der Waals surface area contributed by atoms with E-state index in [0.29, 0.717) is 6.54 Å². The number of hydrogen-bond donors (Lipinski definition) is 4. The number of nitrogens with one attached hydrogen (secondary N) is 1. The third-order valence-corrected chi connectivity index (χ3v) is 1.98. The van der Waals surface area contributed by atoms with Crippen molar-refractivity contribution in [1.82, 2.24) is 5.32 Å². The molecule has 0 spiro atoms. The highest BCUT2D eigenvalue weighted by atomic mass is 16.3. The van der Waals surface area contributed by atoms with E-state index in [1.807, 2.05) is 13.8 Å². The van der Waals surface area contributed by atoms with Crippen molar-refractivity contribution in [2.45, 2.75) is 26.4 Å². The van der Waals surface area contributed by atoms with E-state index in [2.05, 4.69) is 5.32 Å². The Balaban J connectivity index is 3.50. The maximum absolute atomic E-state index is 9.02. The summed E-state index contributed by atoms with van der Waals surface area (Å²) >= 11 is 0. The highest BCUT2D eigenvalue weighted by molar-refractivity contribution is 4.72. The van der Waals surface area contributed by atoms with Crippen molar-refractivity contribution in [3.8, 4) is 0 Å². The average molecular weight is 191 g/mol. The second kappa shape index (κ2) is 6.32. The summed E-state index contributed by atoms with van der Waals surface area (Å²) in [6.07, 6.45) is 0.0415. The van der Waals surface area contributed by atoms with Crippen molar-refractivity contribution < 1.29 is 15.3 Å². The van der Waals surface area contributed by atoms with Crippen molar-refractivity contribution >= 4 is 0 Å². The average Bonchev–Trinajstić information content (AvgIpc) is 2.03. The molecule has 1 atom stereocenters. The summed E-state index contributed by atoms with van der Waals surface area (Å²) < 4.78 is 0. The predicted octanol–water partition coefficient (Wildman–Crippen LogP) is -0.662. The summed E-state index contributed by atoms with van der Waals surface area (Å²) in [5.74, 6) is 0. The minimum absolute atomic E-state index is 0.0317. The fraction of sp³-hybridized carbons (Fsp3) is 1.00. The van der Waals surface area contributed by atoms with Gasteiger partial charge in [0.2, 0.25) is 0 Å². The molecule has 0 amide bonds. The zero-order chi connectivity index (χ0) is 10.3. The monoisotopic (exact) mass is 191 g/mol. The summed E-state index contributed by atoms with van der Waals surface area (Å²) in [7, 11) is 0. The molecule has 0 aliphatic rings. The molecule has 4 nitrogen and oxygen atoms in total. The van der Waals surface area contributed by atoms with Gasteiger partial charge in [-0.3, -0.25) is 0 Å². The Morgan fingerprint density at radius 2 is 1.92 bits per heavy atom. The lowest BCUT2D eigenvalue weighted by molar-refractivity contribution is 0.0909. The number of hydrogen-bond acceptors (Lipinski definition) is 4. The van der Waals surface area contributed by atoms with Crippen LogP contribution in [0.25, 0.3) is 0 Å². The largest absolute Gasteiger partial charge is 0.396 e. The zero-order valence-electron chi connectivity index (χ0n) is 8.45. The predicted molar refractivity (Wildman–Crippen MR) is 51.4 cm³/mol. The van der Waals surface area contributed by atoms with Crippen molar-refractivity contribution in [2.75, 3.05) is 26.3 Å². The molecule has 13 heavy (non-hydrogen) atoms. The minimum atomic E-state index is -0.690. The van der Waals surface area contributed by atoms with Gasteiger partial charge in [-0.1, -0.05) is 13.8 Å². The van der Waals surface area contributed by atoms with Crippen molar-refractivity contribution in [2.24, 2.45) is 5.41 Å². The van der Waals surface area contributed by atoms with Gasteiger partial charge in [-0.2, -0.15) is 0 Å². The number of aliphatic hydroxyl groups excluding tert-OH is 3. The molecular weight excluding hydrogens is 170 g/mol. The Morgan fingerprint density at radius 1 is 1.31 bits per heavy atom. The van der Waals surface area contributed by atoms with Gasteiger partial charge in [0.05, 0.1) is 12.7 Å². The quantitative estimate of drug-likeness (QED) is 0.431.